The van der Waals surface area contributed by atoms with Crippen LogP contribution in [-0.2, 0) is 11.2 Å². The number of para-hydroxylation sites is 1. The largest absolute Gasteiger partial charge is 0.504 e. The van der Waals surface area contributed by atoms with Crippen molar-refractivity contribution in [1.82, 2.24) is 10.2 Å². The quantitative estimate of drug-likeness (QED) is 0.578. The Kier molecular flexibility index (Phi) is 7.36. The van der Waals surface area contributed by atoms with E-state index in [1.54, 1.807) is 13.2 Å². The van der Waals surface area contributed by atoms with E-state index >= 15 is 0 Å². The van der Waals surface area contributed by atoms with Crippen molar-refractivity contribution in [3.63, 3.8) is 0 Å². The Morgan fingerprint density at radius 1 is 1.28 bits per heavy atom. The van der Waals surface area contributed by atoms with Gasteiger partial charge in [0.15, 0.2) is 17.5 Å². The standard InChI is InChI=1S/C23H31N3O3/c1-4-24-23(25-13-12-18-9-7-11-20(28-3)22(18)27)26-14-15-29-21(16-26)19-10-6-5-8-17(19)2/h5-11,21,27H,4,12-16H2,1-3H3,(H,24,25). The fourth-order valence-electron chi connectivity index (χ4n) is 3.62. The van der Waals surface area contributed by atoms with E-state index in [0.29, 0.717) is 25.3 Å². The summed E-state index contributed by atoms with van der Waals surface area (Å²) < 4.78 is 11.2. The summed E-state index contributed by atoms with van der Waals surface area (Å²) in [5.74, 6) is 1.57. The van der Waals surface area contributed by atoms with Crippen molar-refractivity contribution >= 4 is 5.96 Å². The molecule has 0 radical (unpaired) electrons. The molecule has 1 fully saturated rings. The minimum Gasteiger partial charge on any atom is -0.504 e. The molecule has 1 unspecified atom stereocenters. The summed E-state index contributed by atoms with van der Waals surface area (Å²) in [6, 6.07) is 13.9. The minimum absolute atomic E-state index is 0.0382. The van der Waals surface area contributed by atoms with Crippen molar-refractivity contribution in [3.8, 4) is 11.5 Å². The smallest absolute Gasteiger partial charge is 0.194 e. The van der Waals surface area contributed by atoms with E-state index < -0.39 is 0 Å². The average molecular weight is 398 g/mol. The normalized spacial score (nSPS) is 17.3. The first-order valence-corrected chi connectivity index (χ1v) is 10.2. The van der Waals surface area contributed by atoms with E-state index in [0.717, 1.165) is 31.2 Å². The first-order chi connectivity index (χ1) is 14.1. The Hall–Kier alpha value is -2.73. The Bertz CT molecular complexity index is 838. The van der Waals surface area contributed by atoms with Crippen molar-refractivity contribution < 1.29 is 14.6 Å². The topological polar surface area (TPSA) is 66.3 Å². The molecule has 3 rings (SSSR count). The number of methoxy groups -OCH3 is 1. The van der Waals surface area contributed by atoms with Gasteiger partial charge >= 0.3 is 0 Å². The maximum absolute atomic E-state index is 10.3. The van der Waals surface area contributed by atoms with E-state index in [9.17, 15) is 5.11 Å². The molecular formula is C23H31N3O3. The van der Waals surface area contributed by atoms with Crippen molar-refractivity contribution in [2.24, 2.45) is 4.99 Å². The van der Waals surface area contributed by atoms with Crippen LogP contribution >= 0.6 is 0 Å². The zero-order chi connectivity index (χ0) is 20.6. The van der Waals surface area contributed by atoms with Crippen LogP contribution in [0, 0.1) is 6.92 Å². The molecule has 2 N–H and O–H groups in total. The summed E-state index contributed by atoms with van der Waals surface area (Å²) >= 11 is 0. The number of nitrogens with one attached hydrogen (secondary N) is 1. The van der Waals surface area contributed by atoms with Crippen LogP contribution < -0.4 is 10.1 Å². The van der Waals surface area contributed by atoms with Gasteiger partial charge in [0, 0.05) is 19.6 Å². The lowest BCUT2D eigenvalue weighted by molar-refractivity contribution is -0.00832. The number of aromatic hydroxyl groups is 1. The number of aliphatic imine (C=N–C) groups is 1. The van der Waals surface area contributed by atoms with Crippen molar-refractivity contribution in [2.45, 2.75) is 26.4 Å². The molecule has 2 aromatic carbocycles. The molecule has 0 spiro atoms. The molecule has 0 saturated carbocycles. The number of rotatable bonds is 6. The second-order valence-corrected chi connectivity index (χ2v) is 7.12. The summed E-state index contributed by atoms with van der Waals surface area (Å²) in [4.78, 5) is 7.06. The maximum Gasteiger partial charge on any atom is 0.194 e. The number of guanidine groups is 1. The van der Waals surface area contributed by atoms with E-state index in [2.05, 4.69) is 48.3 Å². The van der Waals surface area contributed by atoms with Gasteiger partial charge in [0.2, 0.25) is 0 Å². The van der Waals surface area contributed by atoms with E-state index in [-0.39, 0.29) is 11.9 Å². The number of ether oxygens (including phenoxy) is 2. The molecule has 1 atom stereocenters. The second kappa shape index (κ2) is 10.2. The highest BCUT2D eigenvalue weighted by atomic mass is 16.5. The monoisotopic (exact) mass is 397 g/mol. The van der Waals surface area contributed by atoms with Gasteiger partial charge in [-0.1, -0.05) is 36.4 Å². The Balaban J connectivity index is 1.69. The van der Waals surface area contributed by atoms with Gasteiger partial charge in [-0.2, -0.15) is 0 Å². The van der Waals surface area contributed by atoms with Gasteiger partial charge < -0.3 is 24.8 Å². The summed E-state index contributed by atoms with van der Waals surface area (Å²) in [7, 11) is 1.56. The molecule has 6 nitrogen and oxygen atoms in total. The van der Waals surface area contributed by atoms with Crippen molar-refractivity contribution in [2.75, 3.05) is 39.9 Å². The van der Waals surface area contributed by atoms with Crippen LogP contribution in [0.3, 0.4) is 0 Å². The molecular weight excluding hydrogens is 366 g/mol. The average Bonchev–Trinajstić information content (AvgIpc) is 2.75. The van der Waals surface area contributed by atoms with Crippen LogP contribution in [0.25, 0.3) is 0 Å². The molecule has 2 aromatic rings. The highest BCUT2D eigenvalue weighted by molar-refractivity contribution is 5.80. The van der Waals surface area contributed by atoms with Gasteiger partial charge in [-0.05, 0) is 43.0 Å². The molecule has 6 heteroatoms. The predicted molar refractivity (Wildman–Crippen MR) is 116 cm³/mol. The molecule has 0 amide bonds. The van der Waals surface area contributed by atoms with Crippen LogP contribution in [0.5, 0.6) is 11.5 Å². The highest BCUT2D eigenvalue weighted by Crippen LogP contribution is 2.29. The molecule has 156 valence electrons. The van der Waals surface area contributed by atoms with Crippen LogP contribution in [0.2, 0.25) is 0 Å². The Morgan fingerprint density at radius 3 is 2.86 bits per heavy atom. The van der Waals surface area contributed by atoms with Gasteiger partial charge in [0.1, 0.15) is 6.10 Å². The van der Waals surface area contributed by atoms with Gasteiger partial charge in [0.25, 0.3) is 0 Å². The lowest BCUT2D eigenvalue weighted by Crippen LogP contribution is -2.48. The minimum atomic E-state index is 0.0382. The van der Waals surface area contributed by atoms with E-state index in [1.165, 1.54) is 11.1 Å². The second-order valence-electron chi connectivity index (χ2n) is 7.12. The SMILES string of the molecule is CCNC(=NCCc1cccc(OC)c1O)N1CCOC(c2ccccc2C)C1. The number of hydrogen-bond acceptors (Lipinski definition) is 4. The molecule has 1 aliphatic rings. The summed E-state index contributed by atoms with van der Waals surface area (Å²) in [5, 5.41) is 13.7. The third-order valence-corrected chi connectivity index (χ3v) is 5.18. The molecule has 1 heterocycles. The number of benzene rings is 2. The van der Waals surface area contributed by atoms with Gasteiger partial charge in [0.05, 0.1) is 20.3 Å². The molecule has 1 aliphatic heterocycles. The Labute approximate surface area is 173 Å². The predicted octanol–water partition coefficient (Wildman–Crippen LogP) is 3.29. The summed E-state index contributed by atoms with van der Waals surface area (Å²) in [6.07, 6.45) is 0.681. The zero-order valence-corrected chi connectivity index (χ0v) is 17.5. The van der Waals surface area contributed by atoms with Gasteiger partial charge in [-0.15, -0.1) is 0 Å². The first-order valence-electron chi connectivity index (χ1n) is 10.2. The molecule has 0 aromatic heterocycles. The lowest BCUT2D eigenvalue weighted by Gasteiger charge is -2.35. The van der Waals surface area contributed by atoms with E-state index in [1.807, 2.05) is 12.1 Å². The lowest BCUT2D eigenvalue weighted by atomic mass is 10.0. The number of hydrogen-bond donors (Lipinski definition) is 2. The summed E-state index contributed by atoms with van der Waals surface area (Å²) in [6.45, 7) is 7.81. The number of nitrogens with zero attached hydrogens (tertiary/aromatic N) is 2. The molecule has 0 bridgehead atoms. The number of phenolic OH excluding ortho intramolecular Hbond substituents is 1. The number of aryl methyl sites for hydroxylation is 1. The highest BCUT2D eigenvalue weighted by Gasteiger charge is 2.25. The fourth-order valence-corrected chi connectivity index (χ4v) is 3.62. The number of morpholine rings is 1. The van der Waals surface area contributed by atoms with Crippen LogP contribution in [-0.4, -0.2) is 55.9 Å². The Morgan fingerprint density at radius 2 is 2.10 bits per heavy atom. The van der Waals surface area contributed by atoms with Gasteiger partial charge in [-0.25, -0.2) is 0 Å². The number of phenols is 1. The van der Waals surface area contributed by atoms with Crippen LogP contribution in [0.4, 0.5) is 0 Å². The van der Waals surface area contributed by atoms with Crippen molar-refractivity contribution in [3.05, 3.63) is 59.2 Å². The maximum atomic E-state index is 10.3. The molecule has 1 saturated heterocycles. The van der Waals surface area contributed by atoms with Gasteiger partial charge in [-0.3, -0.25) is 4.99 Å². The first kappa shape index (κ1) is 21.0. The molecule has 29 heavy (non-hydrogen) atoms. The van der Waals surface area contributed by atoms with Crippen LogP contribution in [0.1, 0.15) is 29.7 Å². The zero-order valence-electron chi connectivity index (χ0n) is 17.5. The van der Waals surface area contributed by atoms with Crippen LogP contribution in [0.15, 0.2) is 47.5 Å². The van der Waals surface area contributed by atoms with E-state index in [4.69, 9.17) is 14.5 Å². The molecule has 0 aliphatic carbocycles. The van der Waals surface area contributed by atoms with Crippen molar-refractivity contribution in [1.29, 1.82) is 0 Å². The summed E-state index contributed by atoms with van der Waals surface area (Å²) in [5.41, 5.74) is 3.31. The fraction of sp³-hybridized carbons (Fsp3) is 0.435. The third-order valence-electron chi connectivity index (χ3n) is 5.18. The third kappa shape index (κ3) is 5.21.